The molecule has 1 aromatic rings. The Morgan fingerprint density at radius 3 is 2.65 bits per heavy atom. The van der Waals surface area contributed by atoms with Crippen molar-refractivity contribution in [2.24, 2.45) is 0 Å². The lowest BCUT2D eigenvalue weighted by Crippen LogP contribution is -2.25. The summed E-state index contributed by atoms with van der Waals surface area (Å²) < 4.78 is 0. The van der Waals surface area contributed by atoms with Crippen LogP contribution in [0.3, 0.4) is 0 Å². The van der Waals surface area contributed by atoms with E-state index < -0.39 is 0 Å². The van der Waals surface area contributed by atoms with Crippen LogP contribution < -0.4 is 10.6 Å². The molecule has 17 heavy (non-hydrogen) atoms. The summed E-state index contributed by atoms with van der Waals surface area (Å²) in [5.41, 5.74) is 1.29. The van der Waals surface area contributed by atoms with Crippen LogP contribution in [0.1, 0.15) is 18.9 Å². The minimum absolute atomic E-state index is 0.0397. The van der Waals surface area contributed by atoms with Crippen molar-refractivity contribution < 1.29 is 14.7 Å². The molecular weight excluding hydrogens is 220 g/mol. The predicted molar refractivity (Wildman–Crippen MR) is 64.8 cm³/mol. The number of aryl methyl sites for hydroxylation is 1. The average molecular weight is 236 g/mol. The third-order valence-electron chi connectivity index (χ3n) is 2.15. The van der Waals surface area contributed by atoms with Gasteiger partial charge in [-0.3, -0.25) is 9.59 Å². The first kappa shape index (κ1) is 13.0. The van der Waals surface area contributed by atoms with E-state index in [2.05, 4.69) is 10.6 Å². The Morgan fingerprint density at radius 2 is 2.06 bits per heavy atom. The molecule has 2 amide bonds. The lowest BCUT2D eigenvalue weighted by Gasteiger charge is -2.08. The fourth-order valence-corrected chi connectivity index (χ4v) is 1.31. The number of phenolic OH excluding ortho intramolecular Hbond substituents is 1. The highest BCUT2D eigenvalue weighted by Gasteiger charge is 2.06. The molecule has 0 heterocycles. The molecule has 92 valence electrons. The normalized spacial score (nSPS) is 9.76. The van der Waals surface area contributed by atoms with Gasteiger partial charge in [0, 0.05) is 19.9 Å². The first-order valence-corrected chi connectivity index (χ1v) is 5.33. The maximum atomic E-state index is 11.5. The number of phenols is 1. The van der Waals surface area contributed by atoms with E-state index in [-0.39, 0.29) is 30.5 Å². The molecule has 1 aromatic carbocycles. The van der Waals surface area contributed by atoms with Gasteiger partial charge in [-0.25, -0.2) is 0 Å². The number of anilines is 1. The number of aromatic hydroxyl groups is 1. The molecule has 1 rings (SSSR count). The van der Waals surface area contributed by atoms with E-state index in [4.69, 9.17) is 0 Å². The zero-order chi connectivity index (χ0) is 12.8. The Bertz CT molecular complexity index is 430. The van der Waals surface area contributed by atoms with Gasteiger partial charge in [-0.15, -0.1) is 0 Å². The van der Waals surface area contributed by atoms with Gasteiger partial charge in [-0.1, -0.05) is 6.07 Å². The zero-order valence-corrected chi connectivity index (χ0v) is 9.91. The minimum Gasteiger partial charge on any atom is -0.506 e. The van der Waals surface area contributed by atoms with Gasteiger partial charge in [0.15, 0.2) is 0 Å². The van der Waals surface area contributed by atoms with Gasteiger partial charge in [-0.05, 0) is 24.6 Å². The van der Waals surface area contributed by atoms with E-state index >= 15 is 0 Å². The van der Waals surface area contributed by atoms with E-state index in [0.717, 1.165) is 5.56 Å². The Balaban J connectivity index is 2.48. The van der Waals surface area contributed by atoms with Crippen LogP contribution in [0.25, 0.3) is 0 Å². The SMILES string of the molecule is CC(=O)NCCC(=O)Nc1ccc(C)cc1O. The molecule has 0 fully saturated rings. The molecule has 5 heteroatoms. The van der Waals surface area contributed by atoms with Crippen molar-refractivity contribution in [3.8, 4) is 5.75 Å². The summed E-state index contributed by atoms with van der Waals surface area (Å²) in [4.78, 5) is 22.0. The number of rotatable bonds is 4. The summed E-state index contributed by atoms with van der Waals surface area (Å²) in [5.74, 6) is -0.383. The fourth-order valence-electron chi connectivity index (χ4n) is 1.31. The third-order valence-corrected chi connectivity index (χ3v) is 2.15. The predicted octanol–water partition coefficient (Wildman–Crippen LogP) is 1.17. The molecule has 0 aliphatic carbocycles. The molecule has 0 saturated carbocycles. The molecule has 0 radical (unpaired) electrons. The number of hydrogen-bond donors (Lipinski definition) is 3. The van der Waals surface area contributed by atoms with Crippen LogP contribution in [0.4, 0.5) is 5.69 Å². The number of benzene rings is 1. The highest BCUT2D eigenvalue weighted by Crippen LogP contribution is 2.23. The summed E-state index contributed by atoms with van der Waals surface area (Å²) in [5, 5.41) is 14.7. The van der Waals surface area contributed by atoms with Crippen LogP contribution in [0.5, 0.6) is 5.75 Å². The van der Waals surface area contributed by atoms with Crippen molar-refractivity contribution >= 4 is 17.5 Å². The Kier molecular flexibility index (Phi) is 4.51. The van der Waals surface area contributed by atoms with Gasteiger partial charge in [0.25, 0.3) is 0 Å². The first-order valence-electron chi connectivity index (χ1n) is 5.33. The highest BCUT2D eigenvalue weighted by atomic mass is 16.3. The molecule has 0 spiro atoms. The van der Waals surface area contributed by atoms with E-state index in [1.54, 1.807) is 18.2 Å². The monoisotopic (exact) mass is 236 g/mol. The molecular formula is C12H16N2O3. The Labute approximate surface area is 99.8 Å². The van der Waals surface area contributed by atoms with Crippen LogP contribution in [0.15, 0.2) is 18.2 Å². The van der Waals surface area contributed by atoms with E-state index in [0.29, 0.717) is 5.69 Å². The molecule has 0 unspecified atom stereocenters. The van der Waals surface area contributed by atoms with Gasteiger partial charge >= 0.3 is 0 Å². The van der Waals surface area contributed by atoms with Crippen LogP contribution >= 0.6 is 0 Å². The van der Waals surface area contributed by atoms with Crippen molar-refractivity contribution in [2.75, 3.05) is 11.9 Å². The van der Waals surface area contributed by atoms with Crippen LogP contribution in [0.2, 0.25) is 0 Å². The summed E-state index contributed by atoms with van der Waals surface area (Å²) in [6.07, 6.45) is 0.174. The molecule has 3 N–H and O–H groups in total. The topological polar surface area (TPSA) is 78.4 Å². The minimum atomic E-state index is -0.252. The van der Waals surface area contributed by atoms with Crippen molar-refractivity contribution in [1.82, 2.24) is 5.32 Å². The molecule has 0 bridgehead atoms. The number of hydrogen-bond acceptors (Lipinski definition) is 3. The van der Waals surface area contributed by atoms with Gasteiger partial charge in [-0.2, -0.15) is 0 Å². The van der Waals surface area contributed by atoms with Gasteiger partial charge in [0.05, 0.1) is 5.69 Å². The second kappa shape index (κ2) is 5.89. The third kappa shape index (κ3) is 4.55. The average Bonchev–Trinajstić information content (AvgIpc) is 2.21. The molecule has 0 aromatic heterocycles. The van der Waals surface area contributed by atoms with E-state index in [1.165, 1.54) is 6.92 Å². The maximum Gasteiger partial charge on any atom is 0.226 e. The van der Waals surface area contributed by atoms with E-state index in [9.17, 15) is 14.7 Å². The molecule has 0 aliphatic rings. The summed E-state index contributed by atoms with van der Waals surface area (Å²) in [6.45, 7) is 3.53. The second-order valence-corrected chi connectivity index (χ2v) is 3.80. The number of amides is 2. The van der Waals surface area contributed by atoms with Crippen molar-refractivity contribution in [3.05, 3.63) is 23.8 Å². The van der Waals surface area contributed by atoms with Gasteiger partial charge < -0.3 is 15.7 Å². The van der Waals surface area contributed by atoms with Gasteiger partial charge in [0.1, 0.15) is 5.75 Å². The van der Waals surface area contributed by atoms with Crippen molar-refractivity contribution in [3.63, 3.8) is 0 Å². The van der Waals surface area contributed by atoms with Gasteiger partial charge in [0.2, 0.25) is 11.8 Å². The lowest BCUT2D eigenvalue weighted by atomic mass is 10.2. The summed E-state index contributed by atoms with van der Waals surface area (Å²) >= 11 is 0. The Morgan fingerprint density at radius 1 is 1.35 bits per heavy atom. The zero-order valence-electron chi connectivity index (χ0n) is 9.91. The lowest BCUT2D eigenvalue weighted by molar-refractivity contribution is -0.119. The summed E-state index contributed by atoms with van der Waals surface area (Å²) in [6, 6.07) is 5.01. The van der Waals surface area contributed by atoms with Crippen LogP contribution in [0, 0.1) is 6.92 Å². The van der Waals surface area contributed by atoms with Crippen molar-refractivity contribution in [1.29, 1.82) is 0 Å². The first-order chi connectivity index (χ1) is 7.99. The standard InChI is InChI=1S/C12H16N2O3/c1-8-3-4-10(11(16)7-8)14-12(17)5-6-13-9(2)15/h3-4,7,16H,5-6H2,1-2H3,(H,13,15)(H,14,17). The fraction of sp³-hybridized carbons (Fsp3) is 0.333. The Hall–Kier alpha value is -2.04. The summed E-state index contributed by atoms with van der Waals surface area (Å²) in [7, 11) is 0. The molecule has 0 aliphatic heterocycles. The second-order valence-electron chi connectivity index (χ2n) is 3.80. The van der Waals surface area contributed by atoms with Crippen molar-refractivity contribution in [2.45, 2.75) is 20.3 Å². The molecule has 0 atom stereocenters. The van der Waals surface area contributed by atoms with Crippen LogP contribution in [-0.2, 0) is 9.59 Å². The smallest absolute Gasteiger partial charge is 0.226 e. The quantitative estimate of drug-likeness (QED) is 0.686. The van der Waals surface area contributed by atoms with E-state index in [1.807, 2.05) is 6.92 Å². The molecule has 0 saturated heterocycles. The number of carbonyl (C=O) groups is 2. The molecule has 5 nitrogen and oxygen atoms in total. The highest BCUT2D eigenvalue weighted by molar-refractivity contribution is 5.92. The number of carbonyl (C=O) groups excluding carboxylic acids is 2. The largest absolute Gasteiger partial charge is 0.506 e. The van der Waals surface area contributed by atoms with Crippen LogP contribution in [-0.4, -0.2) is 23.5 Å². The number of nitrogens with one attached hydrogen (secondary N) is 2. The maximum absolute atomic E-state index is 11.5.